The summed E-state index contributed by atoms with van der Waals surface area (Å²) in [5, 5.41) is 2.90. The van der Waals surface area contributed by atoms with Crippen molar-refractivity contribution in [1.82, 2.24) is 0 Å². The fraction of sp³-hybridized carbons (Fsp3) is 0.231. The van der Waals surface area contributed by atoms with Crippen molar-refractivity contribution in [2.24, 2.45) is 0 Å². The molecule has 3 aromatic rings. The van der Waals surface area contributed by atoms with Gasteiger partial charge in [0.2, 0.25) is 0 Å². The molecule has 1 atom stereocenters. The number of carbonyl (C=O) groups excluding carboxylic acids is 2. The van der Waals surface area contributed by atoms with Gasteiger partial charge < -0.3 is 19.7 Å². The maximum Gasteiger partial charge on any atom is 0.267 e. The summed E-state index contributed by atoms with van der Waals surface area (Å²) in [7, 11) is 1.58. The Hall–Kier alpha value is -3.80. The van der Waals surface area contributed by atoms with E-state index < -0.39 is 6.10 Å². The molecule has 0 bridgehead atoms. The van der Waals surface area contributed by atoms with E-state index in [1.807, 2.05) is 18.2 Å². The highest BCUT2D eigenvalue weighted by atomic mass is 16.5. The monoisotopic (exact) mass is 430 g/mol. The third-order valence-corrected chi connectivity index (χ3v) is 5.47. The smallest absolute Gasteiger partial charge is 0.267 e. The third-order valence-electron chi connectivity index (χ3n) is 5.47. The molecule has 0 aliphatic carbocycles. The van der Waals surface area contributed by atoms with Crippen LogP contribution in [0.1, 0.15) is 29.3 Å². The van der Waals surface area contributed by atoms with Gasteiger partial charge in [0.1, 0.15) is 11.5 Å². The zero-order valence-electron chi connectivity index (χ0n) is 18.2. The van der Waals surface area contributed by atoms with Crippen molar-refractivity contribution in [1.29, 1.82) is 0 Å². The summed E-state index contributed by atoms with van der Waals surface area (Å²) in [6, 6.07) is 22.5. The first kappa shape index (κ1) is 21.4. The van der Waals surface area contributed by atoms with Crippen molar-refractivity contribution >= 4 is 23.2 Å². The van der Waals surface area contributed by atoms with Gasteiger partial charge in [0.25, 0.3) is 11.8 Å². The van der Waals surface area contributed by atoms with Gasteiger partial charge in [-0.05, 0) is 67.8 Å². The van der Waals surface area contributed by atoms with Gasteiger partial charge in [0.15, 0.2) is 6.10 Å². The average molecular weight is 431 g/mol. The lowest BCUT2D eigenvalue weighted by Gasteiger charge is -2.33. The summed E-state index contributed by atoms with van der Waals surface area (Å²) in [6.45, 7) is 2.33. The van der Waals surface area contributed by atoms with Gasteiger partial charge in [-0.3, -0.25) is 9.59 Å². The number of nitrogens with zero attached hydrogens (tertiary/aromatic N) is 1. The number of hydrogen-bond donors (Lipinski definition) is 1. The summed E-state index contributed by atoms with van der Waals surface area (Å²) in [5.74, 6) is 1.01. The van der Waals surface area contributed by atoms with Crippen molar-refractivity contribution in [2.75, 3.05) is 23.9 Å². The quantitative estimate of drug-likeness (QED) is 0.590. The van der Waals surface area contributed by atoms with Crippen molar-refractivity contribution in [3.8, 4) is 11.5 Å². The summed E-state index contributed by atoms with van der Waals surface area (Å²) < 4.78 is 10.9. The highest BCUT2D eigenvalue weighted by Crippen LogP contribution is 2.36. The number of rotatable bonds is 7. The third kappa shape index (κ3) is 4.75. The van der Waals surface area contributed by atoms with E-state index in [0.717, 1.165) is 12.8 Å². The summed E-state index contributed by atoms with van der Waals surface area (Å²) in [6.07, 6.45) is 1.16. The van der Waals surface area contributed by atoms with Crippen LogP contribution in [-0.2, 0) is 11.2 Å². The van der Waals surface area contributed by atoms with Crippen LogP contribution in [0, 0.1) is 0 Å². The van der Waals surface area contributed by atoms with E-state index in [9.17, 15) is 9.59 Å². The van der Waals surface area contributed by atoms with Gasteiger partial charge >= 0.3 is 0 Å². The van der Waals surface area contributed by atoms with E-state index in [-0.39, 0.29) is 11.8 Å². The Kier molecular flexibility index (Phi) is 6.40. The number of carbonyl (C=O) groups is 2. The van der Waals surface area contributed by atoms with Crippen molar-refractivity contribution < 1.29 is 19.1 Å². The summed E-state index contributed by atoms with van der Waals surface area (Å²) in [4.78, 5) is 27.3. The first-order valence-electron chi connectivity index (χ1n) is 10.7. The van der Waals surface area contributed by atoms with Crippen LogP contribution in [0.3, 0.4) is 0 Å². The van der Waals surface area contributed by atoms with Crippen LogP contribution < -0.4 is 19.7 Å². The molecule has 0 radical (unpaired) electrons. The molecule has 1 aliphatic rings. The predicted molar refractivity (Wildman–Crippen MR) is 125 cm³/mol. The Balaban J connectivity index is 1.50. The molecule has 6 heteroatoms. The predicted octanol–water partition coefficient (Wildman–Crippen LogP) is 4.69. The fourth-order valence-corrected chi connectivity index (χ4v) is 3.75. The van der Waals surface area contributed by atoms with Gasteiger partial charge in [0.05, 0.1) is 12.8 Å². The second-order valence-corrected chi connectivity index (χ2v) is 7.70. The van der Waals surface area contributed by atoms with Crippen molar-refractivity contribution in [3.63, 3.8) is 0 Å². The van der Waals surface area contributed by atoms with E-state index in [1.54, 1.807) is 61.4 Å². The lowest BCUT2D eigenvalue weighted by atomic mass is 10.1. The van der Waals surface area contributed by atoms with Crippen molar-refractivity contribution in [2.45, 2.75) is 25.9 Å². The molecule has 1 aliphatic heterocycles. The van der Waals surface area contributed by atoms with Crippen LogP contribution in [0.25, 0.3) is 0 Å². The van der Waals surface area contributed by atoms with Gasteiger partial charge in [-0.2, -0.15) is 0 Å². The molecule has 0 aromatic heterocycles. The maximum atomic E-state index is 12.8. The molecule has 0 fully saturated rings. The number of anilines is 2. The Morgan fingerprint density at radius 3 is 2.53 bits per heavy atom. The highest BCUT2D eigenvalue weighted by molar-refractivity contribution is 6.05. The van der Waals surface area contributed by atoms with E-state index in [1.165, 1.54) is 5.56 Å². The van der Waals surface area contributed by atoms with Crippen LogP contribution in [0.15, 0.2) is 72.8 Å². The van der Waals surface area contributed by atoms with Crippen LogP contribution in [0.4, 0.5) is 11.4 Å². The second-order valence-electron chi connectivity index (χ2n) is 7.70. The van der Waals surface area contributed by atoms with Crippen LogP contribution >= 0.6 is 0 Å². The molecule has 3 aromatic carbocycles. The first-order valence-corrected chi connectivity index (χ1v) is 10.7. The lowest BCUT2D eigenvalue weighted by molar-refractivity contribution is -0.125. The van der Waals surface area contributed by atoms with Crippen LogP contribution in [0.2, 0.25) is 0 Å². The lowest BCUT2D eigenvalue weighted by Crippen LogP contribution is -2.45. The molecule has 1 N–H and O–H groups in total. The molecule has 1 heterocycles. The molecule has 0 saturated heterocycles. The summed E-state index contributed by atoms with van der Waals surface area (Å²) in [5.41, 5.74) is 3.03. The van der Waals surface area contributed by atoms with Crippen LogP contribution in [-0.4, -0.2) is 31.6 Å². The van der Waals surface area contributed by atoms with Gasteiger partial charge in [-0.1, -0.05) is 30.3 Å². The molecule has 0 saturated carbocycles. The molecule has 4 rings (SSSR count). The highest BCUT2D eigenvalue weighted by Gasteiger charge is 2.31. The molecule has 32 heavy (non-hydrogen) atoms. The number of benzene rings is 3. The molecule has 0 spiro atoms. The van der Waals surface area contributed by atoms with E-state index in [2.05, 4.69) is 17.4 Å². The van der Waals surface area contributed by atoms with Crippen molar-refractivity contribution in [3.05, 3.63) is 83.9 Å². The number of hydrogen-bond acceptors (Lipinski definition) is 4. The number of nitrogens with one attached hydrogen (secondary N) is 1. The van der Waals surface area contributed by atoms with E-state index >= 15 is 0 Å². The molecule has 6 nitrogen and oxygen atoms in total. The molecular weight excluding hydrogens is 404 g/mol. The minimum Gasteiger partial charge on any atom is -0.497 e. The minimum atomic E-state index is -0.543. The van der Waals surface area contributed by atoms with E-state index in [0.29, 0.717) is 35.0 Å². The summed E-state index contributed by atoms with van der Waals surface area (Å²) >= 11 is 0. The van der Waals surface area contributed by atoms with Gasteiger partial charge in [-0.25, -0.2) is 0 Å². The number of amides is 2. The zero-order valence-corrected chi connectivity index (χ0v) is 18.2. The maximum absolute atomic E-state index is 12.8. The minimum absolute atomic E-state index is 0.0795. The fourth-order valence-electron chi connectivity index (χ4n) is 3.75. The number of fused-ring (bicyclic) bond motifs is 1. The SMILES string of the molecule is COc1ccc(C(=O)Nc2ccc3c(c2)N(CCCc2ccccc2)C(=O)C(C)O3)cc1. The zero-order chi connectivity index (χ0) is 22.5. The Labute approximate surface area is 187 Å². The van der Waals surface area contributed by atoms with Crippen LogP contribution in [0.5, 0.6) is 11.5 Å². The normalized spacial score (nSPS) is 15.0. The number of aryl methyl sites for hydroxylation is 1. The number of methoxy groups -OCH3 is 1. The molecular formula is C26H26N2O4. The topological polar surface area (TPSA) is 67.9 Å². The Morgan fingerprint density at radius 2 is 1.81 bits per heavy atom. The van der Waals surface area contributed by atoms with E-state index in [4.69, 9.17) is 9.47 Å². The molecule has 2 amide bonds. The largest absolute Gasteiger partial charge is 0.497 e. The Bertz CT molecular complexity index is 1100. The number of ether oxygens (including phenoxy) is 2. The molecule has 1 unspecified atom stereocenters. The first-order chi connectivity index (χ1) is 15.5. The molecule has 164 valence electrons. The standard InChI is InChI=1S/C26H26N2O4/c1-18-26(30)28(16-6-9-19-7-4-3-5-8-19)23-17-21(12-15-24(23)32-18)27-25(29)20-10-13-22(31-2)14-11-20/h3-5,7-8,10-15,17-18H,6,9,16H2,1-2H3,(H,27,29). The second kappa shape index (κ2) is 9.56. The Morgan fingerprint density at radius 1 is 1.06 bits per heavy atom. The van der Waals surface area contributed by atoms with Gasteiger partial charge in [0, 0.05) is 17.8 Å². The average Bonchev–Trinajstić information content (AvgIpc) is 2.82. The van der Waals surface area contributed by atoms with Gasteiger partial charge in [-0.15, -0.1) is 0 Å².